The van der Waals surface area contributed by atoms with Gasteiger partial charge in [-0.15, -0.1) is 0 Å². The lowest BCUT2D eigenvalue weighted by atomic mass is 9.94. The second-order valence-corrected chi connectivity index (χ2v) is 16.5. The fourth-order valence-electron chi connectivity index (χ4n) is 7.78. The Labute approximate surface area is 317 Å². The van der Waals surface area contributed by atoms with Crippen LogP contribution < -0.4 is 0 Å². The minimum atomic E-state index is 0.122. The molecule has 0 aromatic heterocycles. The molecule has 0 saturated carbocycles. The maximum Gasteiger partial charge on any atom is 0.308 e. The quantitative estimate of drug-likeness (QED) is 0.0466. The Hall–Kier alpha value is -0.530. The Morgan fingerprint density at radius 1 is 0.300 bits per heavy atom. The summed E-state index contributed by atoms with van der Waals surface area (Å²) in [5.41, 5.74) is 0. The Bertz CT molecular complexity index is 615. The van der Waals surface area contributed by atoms with Crippen LogP contribution in [0.4, 0.5) is 0 Å². The summed E-state index contributed by atoms with van der Waals surface area (Å²) < 4.78 is 5.90. The first-order valence-electron chi connectivity index (χ1n) is 23.9. The van der Waals surface area contributed by atoms with E-state index in [4.69, 9.17) is 4.74 Å². The highest BCUT2D eigenvalue weighted by Crippen LogP contribution is 2.22. The molecule has 0 fully saturated rings. The van der Waals surface area contributed by atoms with Crippen LogP contribution in [0.5, 0.6) is 0 Å². The molecular formula is C48H96O2. The molecule has 0 spiro atoms. The molecule has 0 amide bonds. The summed E-state index contributed by atoms with van der Waals surface area (Å²) in [4.78, 5) is 13.1. The molecule has 0 radical (unpaired) electrons. The molecule has 1 unspecified atom stereocenters. The fraction of sp³-hybridized carbons (Fsp3) is 0.979. The SMILES string of the molecule is CCCCCCCCCCCCCCCCCCOC(=O)C(CCCCCCCCCCCC)CCCCCCCCCCCCCCCC. The Balaban J connectivity index is 3.99. The lowest BCUT2D eigenvalue weighted by molar-refractivity contribution is -0.149. The van der Waals surface area contributed by atoms with Gasteiger partial charge in [-0.3, -0.25) is 4.79 Å². The number of hydrogen-bond acceptors (Lipinski definition) is 2. The van der Waals surface area contributed by atoms with Gasteiger partial charge in [0.05, 0.1) is 12.5 Å². The van der Waals surface area contributed by atoms with E-state index in [0.717, 1.165) is 19.3 Å². The van der Waals surface area contributed by atoms with E-state index in [2.05, 4.69) is 20.8 Å². The lowest BCUT2D eigenvalue weighted by Gasteiger charge is -2.16. The van der Waals surface area contributed by atoms with Crippen LogP contribution in [0.1, 0.15) is 290 Å². The van der Waals surface area contributed by atoms with Crippen molar-refractivity contribution in [1.82, 2.24) is 0 Å². The summed E-state index contributed by atoms with van der Waals surface area (Å²) in [7, 11) is 0. The number of esters is 1. The minimum absolute atomic E-state index is 0.122. The largest absolute Gasteiger partial charge is 0.465 e. The van der Waals surface area contributed by atoms with Gasteiger partial charge < -0.3 is 4.74 Å². The molecule has 0 rings (SSSR count). The second kappa shape index (κ2) is 44.6. The standard InChI is InChI=1S/C48H96O2/c1-4-7-10-13-16-19-22-24-26-27-29-31-34-37-40-43-46-50-48(49)47(44-41-38-35-32-21-18-15-12-9-6-3)45-42-39-36-33-30-28-25-23-20-17-14-11-8-5-2/h47H,4-46H2,1-3H3. The lowest BCUT2D eigenvalue weighted by Crippen LogP contribution is -2.18. The first-order valence-corrected chi connectivity index (χ1v) is 23.9. The average molecular weight is 705 g/mol. The van der Waals surface area contributed by atoms with Gasteiger partial charge in [-0.1, -0.05) is 271 Å². The highest BCUT2D eigenvalue weighted by atomic mass is 16.5. The summed E-state index contributed by atoms with van der Waals surface area (Å²) in [5.74, 6) is 0.263. The third kappa shape index (κ3) is 40.2. The normalized spacial score (nSPS) is 12.1. The zero-order valence-electron chi connectivity index (χ0n) is 35.3. The molecule has 0 saturated heterocycles. The highest BCUT2D eigenvalue weighted by molar-refractivity contribution is 5.72. The summed E-state index contributed by atoms with van der Waals surface area (Å²) in [5, 5.41) is 0. The van der Waals surface area contributed by atoms with Crippen LogP contribution in [0.15, 0.2) is 0 Å². The van der Waals surface area contributed by atoms with Crippen molar-refractivity contribution in [3.63, 3.8) is 0 Å². The Morgan fingerprint density at radius 3 is 0.740 bits per heavy atom. The molecule has 0 N–H and O–H groups in total. The summed E-state index contributed by atoms with van der Waals surface area (Å²) >= 11 is 0. The van der Waals surface area contributed by atoms with E-state index in [-0.39, 0.29) is 11.9 Å². The summed E-state index contributed by atoms with van der Waals surface area (Å²) in [6.45, 7) is 7.54. The van der Waals surface area contributed by atoms with Crippen LogP contribution >= 0.6 is 0 Å². The molecule has 0 aromatic carbocycles. The number of unbranched alkanes of at least 4 members (excludes halogenated alkanes) is 37. The van der Waals surface area contributed by atoms with Crippen LogP contribution in [0.2, 0.25) is 0 Å². The van der Waals surface area contributed by atoms with E-state index in [1.807, 2.05) is 0 Å². The molecule has 50 heavy (non-hydrogen) atoms. The van der Waals surface area contributed by atoms with Crippen molar-refractivity contribution in [3.05, 3.63) is 0 Å². The van der Waals surface area contributed by atoms with E-state index in [1.54, 1.807) is 0 Å². The van der Waals surface area contributed by atoms with Crippen molar-refractivity contribution < 1.29 is 9.53 Å². The van der Waals surface area contributed by atoms with Gasteiger partial charge in [-0.25, -0.2) is 0 Å². The molecule has 0 aliphatic rings. The molecule has 0 bridgehead atoms. The van der Waals surface area contributed by atoms with E-state index in [0.29, 0.717) is 6.61 Å². The molecule has 0 aliphatic carbocycles. The molecule has 1 atom stereocenters. The van der Waals surface area contributed by atoms with Gasteiger partial charge in [0, 0.05) is 0 Å². The van der Waals surface area contributed by atoms with Crippen LogP contribution in [0, 0.1) is 5.92 Å². The van der Waals surface area contributed by atoms with E-state index in [1.165, 1.54) is 250 Å². The zero-order valence-corrected chi connectivity index (χ0v) is 35.3. The molecule has 0 aromatic rings. The minimum Gasteiger partial charge on any atom is -0.465 e. The van der Waals surface area contributed by atoms with Crippen LogP contribution in [-0.4, -0.2) is 12.6 Å². The van der Waals surface area contributed by atoms with Crippen molar-refractivity contribution in [2.75, 3.05) is 6.61 Å². The van der Waals surface area contributed by atoms with Crippen LogP contribution in [-0.2, 0) is 9.53 Å². The molecular weight excluding hydrogens is 609 g/mol. The van der Waals surface area contributed by atoms with Crippen molar-refractivity contribution >= 4 is 5.97 Å². The highest BCUT2D eigenvalue weighted by Gasteiger charge is 2.19. The van der Waals surface area contributed by atoms with Gasteiger partial charge in [0.2, 0.25) is 0 Å². The molecule has 300 valence electrons. The number of ether oxygens (including phenoxy) is 1. The second-order valence-electron chi connectivity index (χ2n) is 16.5. The van der Waals surface area contributed by atoms with Gasteiger partial charge >= 0.3 is 5.97 Å². The Kier molecular flexibility index (Phi) is 44.2. The maximum absolute atomic E-state index is 13.1. The van der Waals surface area contributed by atoms with Crippen molar-refractivity contribution in [2.45, 2.75) is 290 Å². The van der Waals surface area contributed by atoms with Gasteiger partial charge in [0.25, 0.3) is 0 Å². The summed E-state index contributed by atoms with van der Waals surface area (Å²) in [6.07, 6.45) is 57.2. The first kappa shape index (κ1) is 49.5. The maximum atomic E-state index is 13.1. The number of carbonyl (C=O) groups excluding carboxylic acids is 1. The summed E-state index contributed by atoms with van der Waals surface area (Å²) in [6, 6.07) is 0. The third-order valence-corrected chi connectivity index (χ3v) is 11.4. The third-order valence-electron chi connectivity index (χ3n) is 11.4. The molecule has 0 aliphatic heterocycles. The number of rotatable bonds is 44. The molecule has 2 heteroatoms. The van der Waals surface area contributed by atoms with Gasteiger partial charge in [-0.05, 0) is 19.3 Å². The first-order chi connectivity index (χ1) is 24.8. The van der Waals surface area contributed by atoms with Crippen LogP contribution in [0.3, 0.4) is 0 Å². The van der Waals surface area contributed by atoms with Gasteiger partial charge in [0.1, 0.15) is 0 Å². The average Bonchev–Trinajstić information content (AvgIpc) is 3.12. The number of carbonyl (C=O) groups is 1. The monoisotopic (exact) mass is 705 g/mol. The fourth-order valence-corrected chi connectivity index (χ4v) is 7.78. The van der Waals surface area contributed by atoms with Crippen molar-refractivity contribution in [2.24, 2.45) is 5.92 Å². The van der Waals surface area contributed by atoms with Gasteiger partial charge in [-0.2, -0.15) is 0 Å². The van der Waals surface area contributed by atoms with E-state index >= 15 is 0 Å². The van der Waals surface area contributed by atoms with Crippen molar-refractivity contribution in [1.29, 1.82) is 0 Å². The zero-order chi connectivity index (χ0) is 36.3. The Morgan fingerprint density at radius 2 is 0.500 bits per heavy atom. The van der Waals surface area contributed by atoms with Gasteiger partial charge in [0.15, 0.2) is 0 Å². The molecule has 2 nitrogen and oxygen atoms in total. The van der Waals surface area contributed by atoms with Crippen molar-refractivity contribution in [3.8, 4) is 0 Å². The topological polar surface area (TPSA) is 26.3 Å². The van der Waals surface area contributed by atoms with E-state index in [9.17, 15) is 4.79 Å². The number of hydrogen-bond donors (Lipinski definition) is 0. The predicted octanol–water partition coefficient (Wildman–Crippen LogP) is 17.6. The van der Waals surface area contributed by atoms with E-state index < -0.39 is 0 Å². The van der Waals surface area contributed by atoms with Crippen LogP contribution in [0.25, 0.3) is 0 Å². The molecule has 0 heterocycles. The predicted molar refractivity (Wildman–Crippen MR) is 225 cm³/mol. The smallest absolute Gasteiger partial charge is 0.308 e.